The highest BCUT2D eigenvalue weighted by molar-refractivity contribution is 5.88. The molecule has 4 saturated carbocycles. The van der Waals surface area contributed by atoms with E-state index < -0.39 is 11.8 Å². The van der Waals surface area contributed by atoms with E-state index >= 15 is 4.39 Å². The molecule has 0 spiro atoms. The number of hydrogen-bond acceptors (Lipinski definition) is 2. The second kappa shape index (κ2) is 9.28. The maximum Gasteiger partial charge on any atom is 0.335 e. The van der Waals surface area contributed by atoms with Gasteiger partial charge in [0.05, 0.1) is 5.56 Å². The van der Waals surface area contributed by atoms with Gasteiger partial charge in [-0.3, -0.25) is 0 Å². The zero-order valence-corrected chi connectivity index (χ0v) is 26.2. The van der Waals surface area contributed by atoms with Crippen LogP contribution in [0.3, 0.4) is 0 Å². The van der Waals surface area contributed by atoms with Crippen LogP contribution >= 0.6 is 0 Å². The maximum atomic E-state index is 15.4. The molecule has 5 aliphatic carbocycles. The Kier molecular flexibility index (Phi) is 6.60. The number of aliphatic hydroxyl groups excluding tert-OH is 1. The van der Waals surface area contributed by atoms with Crippen LogP contribution in [0.2, 0.25) is 0 Å². The zero-order valence-electron chi connectivity index (χ0n) is 26.2. The number of hydrogen-bond donors (Lipinski definition) is 2. The summed E-state index contributed by atoms with van der Waals surface area (Å²) in [6.45, 7) is 19.4. The average Bonchev–Trinajstić information content (AvgIpc) is 3.30. The molecule has 0 unspecified atom stereocenters. The highest BCUT2D eigenvalue weighted by atomic mass is 19.1. The van der Waals surface area contributed by atoms with Crippen LogP contribution in [-0.2, 0) is 0 Å². The molecule has 0 aromatic heterocycles. The SMILES string of the molecule is C=C(C)[C@@H]1CC[C@]2(CO)CC[C@]3(C)[C@H](CC[C@@H]4[C@@]5(C)CC=C(c6ccc(C(=O)O)cc6F)C(C)(C)[C@@H]5CC[C@]43C)[C@@H]12. The van der Waals surface area contributed by atoms with E-state index in [1.807, 2.05) is 0 Å². The Balaban J connectivity index is 1.37. The number of fused-ring (bicyclic) bond motifs is 7. The fourth-order valence-electron chi connectivity index (χ4n) is 12.5. The molecule has 4 fully saturated rings. The Labute approximate surface area is 246 Å². The van der Waals surface area contributed by atoms with Crippen LogP contribution in [0.1, 0.15) is 115 Å². The first-order valence-corrected chi connectivity index (χ1v) is 16.2. The summed E-state index contributed by atoms with van der Waals surface area (Å²) >= 11 is 0. The number of halogens is 1. The lowest BCUT2D eigenvalue weighted by Crippen LogP contribution is -2.65. The van der Waals surface area contributed by atoms with Gasteiger partial charge in [-0.05, 0) is 139 Å². The lowest BCUT2D eigenvalue weighted by molar-refractivity contribution is -0.228. The third-order valence-electron chi connectivity index (χ3n) is 14.6. The van der Waals surface area contributed by atoms with Crippen molar-refractivity contribution in [2.24, 2.45) is 56.7 Å². The van der Waals surface area contributed by atoms with Gasteiger partial charge in [-0.2, -0.15) is 0 Å². The van der Waals surface area contributed by atoms with Gasteiger partial charge in [-0.1, -0.05) is 58.9 Å². The molecule has 3 nitrogen and oxygen atoms in total. The molecule has 9 atom stereocenters. The number of benzene rings is 1. The summed E-state index contributed by atoms with van der Waals surface area (Å²) in [6.07, 6.45) is 12.7. The van der Waals surface area contributed by atoms with Gasteiger partial charge in [0.15, 0.2) is 0 Å². The van der Waals surface area contributed by atoms with Crippen LogP contribution in [0.5, 0.6) is 0 Å². The second-order valence-electron chi connectivity index (χ2n) is 16.2. The Bertz CT molecular complexity index is 1310. The number of aliphatic hydroxyl groups is 1. The Morgan fingerprint density at radius 2 is 1.71 bits per heavy atom. The van der Waals surface area contributed by atoms with E-state index in [-0.39, 0.29) is 32.6 Å². The highest BCUT2D eigenvalue weighted by Crippen LogP contribution is 2.77. The van der Waals surface area contributed by atoms with Gasteiger partial charge in [0.1, 0.15) is 5.82 Å². The van der Waals surface area contributed by atoms with E-state index in [4.69, 9.17) is 0 Å². The van der Waals surface area contributed by atoms with Gasteiger partial charge in [0.25, 0.3) is 0 Å². The molecule has 2 N–H and O–H groups in total. The first-order valence-electron chi connectivity index (χ1n) is 16.2. The van der Waals surface area contributed by atoms with E-state index in [0.29, 0.717) is 41.8 Å². The quantitative estimate of drug-likeness (QED) is 0.360. The molecule has 41 heavy (non-hydrogen) atoms. The number of carbonyl (C=O) groups is 1. The predicted molar refractivity (Wildman–Crippen MR) is 163 cm³/mol. The molecular formula is C37H51FO3. The van der Waals surface area contributed by atoms with Crippen LogP contribution in [0.15, 0.2) is 36.4 Å². The lowest BCUT2D eigenvalue weighted by atomic mass is 9.32. The monoisotopic (exact) mass is 562 g/mol. The molecule has 0 heterocycles. The van der Waals surface area contributed by atoms with Gasteiger partial charge in [-0.15, -0.1) is 0 Å². The van der Waals surface area contributed by atoms with Crippen molar-refractivity contribution in [2.75, 3.05) is 6.61 Å². The van der Waals surface area contributed by atoms with Gasteiger partial charge in [-0.25, -0.2) is 9.18 Å². The summed E-state index contributed by atoms with van der Waals surface area (Å²) in [5.74, 6) is 1.19. The van der Waals surface area contributed by atoms with Crippen molar-refractivity contribution >= 4 is 11.5 Å². The minimum absolute atomic E-state index is 0.00223. The molecule has 1 aromatic carbocycles. The van der Waals surface area contributed by atoms with Crippen LogP contribution < -0.4 is 0 Å². The Morgan fingerprint density at radius 3 is 2.34 bits per heavy atom. The fraction of sp³-hybridized carbons (Fsp3) is 0.703. The standard InChI is InChI=1S/C37H51FO3/c1-22(2)24-12-17-37(21-39)19-18-35(6)27(31(24)37)10-11-30-34(5)15-13-26(25-9-8-23(32(40)41)20-28(25)38)33(3,4)29(34)14-16-36(30,35)7/h8-9,13,20,24,27,29-31,39H,1,10-12,14-19,21H2,2-7H3,(H,40,41)/t24-,27+,29-,30+,31+,34-,35+,36+,37+/m0/s1. The number of aromatic carboxylic acids is 1. The Morgan fingerprint density at radius 1 is 0.976 bits per heavy atom. The van der Waals surface area contributed by atoms with Crippen LogP contribution in [0.25, 0.3) is 5.57 Å². The molecule has 4 heteroatoms. The fourth-order valence-corrected chi connectivity index (χ4v) is 12.5. The molecule has 0 radical (unpaired) electrons. The predicted octanol–water partition coefficient (Wildman–Crippen LogP) is 9.17. The van der Waals surface area contributed by atoms with Gasteiger partial charge in [0, 0.05) is 12.2 Å². The van der Waals surface area contributed by atoms with Crippen molar-refractivity contribution in [3.8, 4) is 0 Å². The van der Waals surface area contributed by atoms with Crippen LogP contribution in [-0.4, -0.2) is 22.8 Å². The summed E-state index contributed by atoms with van der Waals surface area (Å²) in [5.41, 5.74) is 3.35. The van der Waals surface area contributed by atoms with Gasteiger partial charge >= 0.3 is 5.97 Å². The zero-order chi connectivity index (χ0) is 29.8. The highest BCUT2D eigenvalue weighted by Gasteiger charge is 2.70. The minimum Gasteiger partial charge on any atom is -0.478 e. The first-order chi connectivity index (χ1) is 19.2. The van der Waals surface area contributed by atoms with Gasteiger partial charge in [0.2, 0.25) is 0 Å². The summed E-state index contributed by atoms with van der Waals surface area (Å²) in [6, 6.07) is 4.41. The van der Waals surface area contributed by atoms with E-state index in [9.17, 15) is 15.0 Å². The van der Waals surface area contributed by atoms with Gasteiger partial charge < -0.3 is 10.2 Å². The molecule has 224 valence electrons. The van der Waals surface area contributed by atoms with Crippen LogP contribution in [0, 0.1) is 62.5 Å². The molecule has 0 bridgehead atoms. The smallest absolute Gasteiger partial charge is 0.335 e. The van der Waals surface area contributed by atoms with Crippen molar-refractivity contribution < 1.29 is 19.4 Å². The number of carboxylic acids is 1. The maximum absolute atomic E-state index is 15.4. The van der Waals surface area contributed by atoms with E-state index in [1.54, 1.807) is 12.1 Å². The third-order valence-corrected chi connectivity index (χ3v) is 14.6. The van der Waals surface area contributed by atoms with Crippen LogP contribution in [0.4, 0.5) is 4.39 Å². The van der Waals surface area contributed by atoms with E-state index in [2.05, 4.69) is 54.2 Å². The average molecular weight is 563 g/mol. The number of rotatable bonds is 4. The minimum atomic E-state index is -1.10. The van der Waals surface area contributed by atoms with Crippen molar-refractivity contribution in [3.05, 3.63) is 53.4 Å². The molecule has 5 aliphatic rings. The van der Waals surface area contributed by atoms with Crippen molar-refractivity contribution in [1.82, 2.24) is 0 Å². The molecule has 0 aliphatic heterocycles. The Hall–Kier alpha value is -1.94. The van der Waals surface area contributed by atoms with Crippen molar-refractivity contribution in [3.63, 3.8) is 0 Å². The topological polar surface area (TPSA) is 57.5 Å². The first kappa shape index (κ1) is 29.1. The molecule has 6 rings (SSSR count). The molecule has 0 saturated heterocycles. The normalized spacial score (nSPS) is 44.6. The summed E-state index contributed by atoms with van der Waals surface area (Å²) in [7, 11) is 0. The van der Waals surface area contributed by atoms with Crippen molar-refractivity contribution in [1.29, 1.82) is 0 Å². The number of carboxylic acid groups (broad SMARTS) is 1. The second-order valence-corrected chi connectivity index (χ2v) is 16.2. The molecule has 0 amide bonds. The van der Waals surface area contributed by atoms with E-state index in [1.165, 1.54) is 43.7 Å². The van der Waals surface area contributed by atoms with E-state index in [0.717, 1.165) is 31.3 Å². The molecule has 1 aromatic rings. The summed E-state index contributed by atoms with van der Waals surface area (Å²) in [5, 5.41) is 20.1. The summed E-state index contributed by atoms with van der Waals surface area (Å²) < 4.78 is 15.4. The molecular weight excluding hydrogens is 511 g/mol. The lowest BCUT2D eigenvalue weighted by Gasteiger charge is -2.72. The van der Waals surface area contributed by atoms with Crippen molar-refractivity contribution in [2.45, 2.75) is 99.3 Å². The number of allylic oxidation sites excluding steroid dienone is 3. The summed E-state index contributed by atoms with van der Waals surface area (Å²) in [4.78, 5) is 11.4. The largest absolute Gasteiger partial charge is 0.478 e. The third kappa shape index (κ3) is 3.74.